The van der Waals surface area contributed by atoms with Crippen LogP contribution in [0.15, 0.2) is 0 Å². The fraction of sp³-hybridized carbons (Fsp3) is 1.00. The molecule has 0 amide bonds. The summed E-state index contributed by atoms with van der Waals surface area (Å²) < 4.78 is 33.0. The van der Waals surface area contributed by atoms with Crippen molar-refractivity contribution in [2.75, 3.05) is 6.61 Å². The molecule has 1 N–H and O–H groups in total. The van der Waals surface area contributed by atoms with Gasteiger partial charge in [-0.2, -0.15) is 0 Å². The third-order valence-electron chi connectivity index (χ3n) is 11.6. The summed E-state index contributed by atoms with van der Waals surface area (Å²) in [6.45, 7) is 0.517. The lowest BCUT2D eigenvalue weighted by Gasteiger charge is -2.58. The largest absolute Gasteiger partial charge is 0.387 e. The van der Waals surface area contributed by atoms with Gasteiger partial charge in [-0.05, 0) is 87.9 Å². The Hall–Kier alpha value is -0.240. The minimum atomic E-state index is -0.711. The lowest BCUT2D eigenvalue weighted by molar-refractivity contribution is -0.332. The quantitative estimate of drug-likeness (QED) is 0.670. The summed E-state index contributed by atoms with van der Waals surface area (Å²) >= 11 is 0. The molecule has 32 heavy (non-hydrogen) atoms. The van der Waals surface area contributed by atoms with Crippen molar-refractivity contribution in [3.63, 3.8) is 0 Å². The van der Waals surface area contributed by atoms with Crippen LogP contribution in [-0.4, -0.2) is 54.0 Å². The Morgan fingerprint density at radius 2 is 1.09 bits per heavy atom. The molecular formula is C26H36O6. The summed E-state index contributed by atoms with van der Waals surface area (Å²) in [5.74, 6) is 4.51. The van der Waals surface area contributed by atoms with Crippen LogP contribution in [0.25, 0.3) is 0 Å². The summed E-state index contributed by atoms with van der Waals surface area (Å²) in [5, 5.41) is 11.3. The first kappa shape index (κ1) is 19.0. The van der Waals surface area contributed by atoms with E-state index in [9.17, 15) is 5.11 Å². The van der Waals surface area contributed by atoms with Crippen LogP contribution < -0.4 is 0 Å². The predicted octanol–water partition coefficient (Wildman–Crippen LogP) is 3.21. The maximum atomic E-state index is 11.3. The lowest BCUT2D eigenvalue weighted by Crippen LogP contribution is -2.60. The van der Waals surface area contributed by atoms with Gasteiger partial charge in [0.15, 0.2) is 17.9 Å². The zero-order valence-corrected chi connectivity index (χ0v) is 18.8. The second-order valence-corrected chi connectivity index (χ2v) is 13.2. The molecule has 0 aromatic carbocycles. The monoisotopic (exact) mass is 444 g/mol. The van der Waals surface area contributed by atoms with E-state index >= 15 is 0 Å². The van der Waals surface area contributed by atoms with E-state index < -0.39 is 36.2 Å². The van der Waals surface area contributed by atoms with Gasteiger partial charge in [0.05, 0.1) is 6.61 Å². The number of hydrogen-bond acceptors (Lipinski definition) is 6. The Labute approximate surface area is 189 Å². The summed E-state index contributed by atoms with van der Waals surface area (Å²) in [7, 11) is 0. The minimum absolute atomic E-state index is 0.227. The highest BCUT2D eigenvalue weighted by atomic mass is 16.8. The third kappa shape index (κ3) is 2.24. The molecule has 2 unspecified atom stereocenters. The Balaban J connectivity index is 0.941. The number of rotatable bonds is 1. The molecule has 3 saturated heterocycles. The van der Waals surface area contributed by atoms with Gasteiger partial charge < -0.3 is 28.8 Å². The fourth-order valence-electron chi connectivity index (χ4n) is 10.8. The number of ether oxygens (including phenoxy) is 5. The highest BCUT2D eigenvalue weighted by Crippen LogP contribution is 2.64. The minimum Gasteiger partial charge on any atom is -0.387 e. The standard InChI is InChI=1S/C26H36O6/c27-21-22(20-11-28-25(30-20)16-3-12-1-13(5-16)6-17(25)4-12)29-24-23(21)31-26(32-24)18-7-14-2-15(9-18)10-19(26)8-14/h12-24,27H,1-11H2/t12?,13?,14?,15?,16?,17?,18?,19?,20?,21-,22+,23+,24?,25?,26?/m0/s1. The summed E-state index contributed by atoms with van der Waals surface area (Å²) in [6, 6.07) is 0. The second-order valence-electron chi connectivity index (χ2n) is 13.2. The summed E-state index contributed by atoms with van der Waals surface area (Å²) in [5.41, 5.74) is 0. The molecule has 6 nitrogen and oxygen atoms in total. The smallest absolute Gasteiger partial charge is 0.190 e. The Kier molecular flexibility index (Phi) is 3.63. The molecule has 2 spiro atoms. The van der Waals surface area contributed by atoms with E-state index in [4.69, 9.17) is 23.7 Å². The Bertz CT molecular complexity index is 771. The molecule has 5 atom stereocenters. The van der Waals surface area contributed by atoms with Gasteiger partial charge in [0.1, 0.15) is 24.4 Å². The molecule has 0 radical (unpaired) electrons. The van der Waals surface area contributed by atoms with Crippen LogP contribution in [0.3, 0.4) is 0 Å². The van der Waals surface area contributed by atoms with Crippen LogP contribution >= 0.6 is 0 Å². The van der Waals surface area contributed by atoms with Crippen LogP contribution in [0, 0.1) is 47.3 Å². The van der Waals surface area contributed by atoms with Crippen molar-refractivity contribution in [2.45, 2.75) is 106 Å². The zero-order chi connectivity index (χ0) is 20.8. The van der Waals surface area contributed by atoms with Gasteiger partial charge >= 0.3 is 0 Å². The van der Waals surface area contributed by atoms with Crippen molar-refractivity contribution in [2.24, 2.45) is 47.3 Å². The Morgan fingerprint density at radius 1 is 0.562 bits per heavy atom. The van der Waals surface area contributed by atoms with Crippen molar-refractivity contribution >= 4 is 0 Å². The molecule has 0 aromatic rings. The third-order valence-corrected chi connectivity index (χ3v) is 11.6. The topological polar surface area (TPSA) is 66.4 Å². The normalized spacial score (nSPS) is 68.0. The van der Waals surface area contributed by atoms with Gasteiger partial charge in [-0.3, -0.25) is 0 Å². The van der Waals surface area contributed by atoms with Crippen molar-refractivity contribution < 1.29 is 28.8 Å². The van der Waals surface area contributed by atoms with Crippen molar-refractivity contribution in [1.29, 1.82) is 0 Å². The first-order valence-corrected chi connectivity index (χ1v) is 13.6. The Morgan fingerprint density at radius 3 is 1.62 bits per heavy atom. The van der Waals surface area contributed by atoms with Gasteiger partial charge in [0, 0.05) is 23.7 Å². The summed E-state index contributed by atoms with van der Waals surface area (Å²) in [6.07, 6.45) is 10.5. The highest BCUT2D eigenvalue weighted by Gasteiger charge is 2.69. The average molecular weight is 445 g/mol. The summed E-state index contributed by atoms with van der Waals surface area (Å²) in [4.78, 5) is 0. The van der Waals surface area contributed by atoms with Crippen molar-refractivity contribution in [3.05, 3.63) is 0 Å². The molecule has 11 fully saturated rings. The number of hydrogen-bond donors (Lipinski definition) is 1. The van der Waals surface area contributed by atoms with Crippen LogP contribution in [-0.2, 0) is 23.7 Å². The molecule has 8 aliphatic carbocycles. The number of aliphatic hydroxyl groups excluding tert-OH is 1. The van der Waals surface area contributed by atoms with Gasteiger partial charge in [0.25, 0.3) is 0 Å². The SMILES string of the molecule is O[C@H]1[C@@H](C2COC3(O2)C2CC4CC(C2)CC3C4)OC2OC3(O[C@@H]21)C1CC2CC(C1)CC3C2. The fourth-order valence-corrected chi connectivity index (χ4v) is 10.8. The van der Waals surface area contributed by atoms with Crippen molar-refractivity contribution in [1.82, 2.24) is 0 Å². The van der Waals surface area contributed by atoms with Gasteiger partial charge in [-0.1, -0.05) is 0 Å². The van der Waals surface area contributed by atoms with E-state index in [0.29, 0.717) is 30.3 Å². The van der Waals surface area contributed by atoms with Crippen LogP contribution in [0.5, 0.6) is 0 Å². The number of fused-ring (bicyclic) bond motifs is 1. The lowest BCUT2D eigenvalue weighted by atomic mass is 9.53. The van der Waals surface area contributed by atoms with E-state index in [1.807, 2.05) is 0 Å². The van der Waals surface area contributed by atoms with Gasteiger partial charge in [-0.25, -0.2) is 0 Å². The molecule has 6 heteroatoms. The molecule has 8 bridgehead atoms. The molecule has 8 saturated carbocycles. The zero-order valence-electron chi connectivity index (χ0n) is 18.8. The van der Waals surface area contributed by atoms with E-state index in [0.717, 1.165) is 23.7 Å². The first-order valence-electron chi connectivity index (χ1n) is 13.6. The van der Waals surface area contributed by atoms with Crippen LogP contribution in [0.2, 0.25) is 0 Å². The van der Waals surface area contributed by atoms with E-state index in [-0.39, 0.29) is 6.10 Å². The molecule has 11 rings (SSSR count). The van der Waals surface area contributed by atoms with Crippen LogP contribution in [0.4, 0.5) is 0 Å². The molecule has 3 heterocycles. The van der Waals surface area contributed by atoms with Gasteiger partial charge in [-0.15, -0.1) is 0 Å². The number of aliphatic hydroxyl groups is 1. The molecule has 3 aliphatic heterocycles. The molecule has 0 aromatic heterocycles. The van der Waals surface area contributed by atoms with Gasteiger partial charge in [0.2, 0.25) is 0 Å². The molecule has 176 valence electrons. The van der Waals surface area contributed by atoms with E-state index in [1.165, 1.54) is 64.2 Å². The first-order chi connectivity index (χ1) is 15.6. The van der Waals surface area contributed by atoms with Crippen molar-refractivity contribution in [3.8, 4) is 0 Å². The molecule has 11 aliphatic rings. The van der Waals surface area contributed by atoms with E-state index in [2.05, 4.69) is 0 Å². The second kappa shape index (κ2) is 6.11. The average Bonchev–Trinajstić information content (AvgIpc) is 3.44. The van der Waals surface area contributed by atoms with E-state index in [1.54, 1.807) is 0 Å². The maximum Gasteiger partial charge on any atom is 0.190 e. The molecular weight excluding hydrogens is 408 g/mol. The predicted molar refractivity (Wildman–Crippen MR) is 111 cm³/mol. The van der Waals surface area contributed by atoms with Crippen LogP contribution in [0.1, 0.15) is 64.2 Å². The maximum absolute atomic E-state index is 11.3. The highest BCUT2D eigenvalue weighted by molar-refractivity contribution is 5.10.